The maximum atomic E-state index is 12.5. The number of ether oxygens (including phenoxy) is 1. The number of rotatable bonds is 3. The summed E-state index contributed by atoms with van der Waals surface area (Å²) < 4.78 is 5.87. The fourth-order valence-electron chi connectivity index (χ4n) is 3.70. The van der Waals surface area contributed by atoms with Crippen molar-refractivity contribution in [3.05, 3.63) is 46.2 Å². The molecule has 1 aromatic carbocycles. The summed E-state index contributed by atoms with van der Waals surface area (Å²) in [5, 5.41) is 3.67. The van der Waals surface area contributed by atoms with Crippen molar-refractivity contribution < 1.29 is 9.53 Å². The zero-order valence-electron chi connectivity index (χ0n) is 13.5. The van der Waals surface area contributed by atoms with E-state index in [1.165, 1.54) is 18.9 Å². The number of fused-ring (bicyclic) bond motifs is 2. The minimum atomic E-state index is -0.271. The van der Waals surface area contributed by atoms with E-state index in [0.29, 0.717) is 23.7 Å². The van der Waals surface area contributed by atoms with Gasteiger partial charge in [0.2, 0.25) is 5.56 Å². The van der Waals surface area contributed by atoms with Crippen LogP contribution in [0.3, 0.4) is 0 Å². The number of nitrogens with one attached hydrogen (secondary N) is 2. The van der Waals surface area contributed by atoms with Crippen molar-refractivity contribution in [2.75, 3.05) is 26.2 Å². The fourth-order valence-corrected chi connectivity index (χ4v) is 3.70. The summed E-state index contributed by atoms with van der Waals surface area (Å²) in [6.07, 6.45) is 2.44. The van der Waals surface area contributed by atoms with Gasteiger partial charge in [0.05, 0.1) is 18.3 Å². The van der Waals surface area contributed by atoms with E-state index in [-0.39, 0.29) is 17.6 Å². The number of pyridine rings is 1. The van der Waals surface area contributed by atoms with E-state index >= 15 is 0 Å². The molecule has 1 aromatic heterocycles. The quantitative estimate of drug-likeness (QED) is 0.886. The number of H-pyrrole nitrogens is 1. The van der Waals surface area contributed by atoms with Crippen molar-refractivity contribution in [1.82, 2.24) is 15.2 Å². The Bertz CT molecular complexity index is 817. The predicted octanol–water partition coefficient (Wildman–Crippen LogP) is 1.12. The molecule has 0 unspecified atom stereocenters. The molecule has 0 saturated carbocycles. The molecular formula is C18H21N3O3. The summed E-state index contributed by atoms with van der Waals surface area (Å²) in [6, 6.07) is 9.23. The second-order valence-electron chi connectivity index (χ2n) is 6.55. The van der Waals surface area contributed by atoms with Crippen molar-refractivity contribution in [2.45, 2.75) is 25.0 Å². The third-order valence-electron chi connectivity index (χ3n) is 4.95. The van der Waals surface area contributed by atoms with Crippen LogP contribution in [-0.2, 0) is 4.74 Å². The SMILES string of the molecule is O=C(NC[C@@H]1CN2CCC[C@@H]2CO1)c1cc(=O)[nH]c2ccccc12. The van der Waals surface area contributed by atoms with Gasteiger partial charge in [-0.3, -0.25) is 14.5 Å². The number of nitrogens with zero attached hydrogens (tertiary/aromatic N) is 1. The molecule has 0 spiro atoms. The van der Waals surface area contributed by atoms with Gasteiger partial charge in [0.1, 0.15) is 0 Å². The molecule has 2 aromatic rings. The van der Waals surface area contributed by atoms with Gasteiger partial charge in [-0.2, -0.15) is 0 Å². The maximum Gasteiger partial charge on any atom is 0.252 e. The lowest BCUT2D eigenvalue weighted by Gasteiger charge is -2.35. The number of carbonyl (C=O) groups is 1. The standard InChI is InChI=1S/C18H21N3O3/c22-17-8-15(14-5-1-2-6-16(14)20-17)18(23)19-9-13-10-21-7-3-4-12(21)11-24-13/h1-2,5-6,8,12-13H,3-4,7,9-11H2,(H,19,23)(H,20,22)/t12-,13-/m1/s1. The first-order valence-electron chi connectivity index (χ1n) is 8.46. The summed E-state index contributed by atoms with van der Waals surface area (Å²) >= 11 is 0. The Morgan fingerprint density at radius 2 is 2.25 bits per heavy atom. The Kier molecular flexibility index (Phi) is 4.08. The molecule has 4 rings (SSSR count). The third-order valence-corrected chi connectivity index (χ3v) is 4.95. The highest BCUT2D eigenvalue weighted by atomic mass is 16.5. The lowest BCUT2D eigenvalue weighted by molar-refractivity contribution is -0.0461. The second-order valence-corrected chi connectivity index (χ2v) is 6.55. The molecule has 2 N–H and O–H groups in total. The molecule has 2 atom stereocenters. The third kappa shape index (κ3) is 2.95. The molecule has 24 heavy (non-hydrogen) atoms. The summed E-state index contributed by atoms with van der Waals surface area (Å²) in [4.78, 5) is 29.5. The maximum absolute atomic E-state index is 12.5. The van der Waals surface area contributed by atoms with Crippen molar-refractivity contribution in [1.29, 1.82) is 0 Å². The number of benzene rings is 1. The van der Waals surface area contributed by atoms with Gasteiger partial charge in [0.25, 0.3) is 5.91 Å². The van der Waals surface area contributed by atoms with Crippen molar-refractivity contribution in [3.63, 3.8) is 0 Å². The monoisotopic (exact) mass is 327 g/mol. The summed E-state index contributed by atoms with van der Waals surface area (Å²) in [5.41, 5.74) is 0.806. The number of aromatic amines is 1. The van der Waals surface area contributed by atoms with Gasteiger partial charge in [-0.05, 0) is 25.5 Å². The van der Waals surface area contributed by atoms with Gasteiger partial charge in [-0.25, -0.2) is 0 Å². The first kappa shape index (κ1) is 15.4. The average molecular weight is 327 g/mol. The minimum Gasteiger partial charge on any atom is -0.373 e. The van der Waals surface area contributed by atoms with Crippen LogP contribution in [0.4, 0.5) is 0 Å². The summed E-state index contributed by atoms with van der Waals surface area (Å²) in [5.74, 6) is -0.232. The van der Waals surface area contributed by atoms with E-state index in [1.54, 1.807) is 6.07 Å². The lowest BCUT2D eigenvalue weighted by Crippen LogP contribution is -2.50. The second kappa shape index (κ2) is 6.37. The van der Waals surface area contributed by atoms with Crippen molar-refractivity contribution >= 4 is 16.8 Å². The van der Waals surface area contributed by atoms with Gasteiger partial charge < -0.3 is 15.0 Å². The van der Waals surface area contributed by atoms with E-state index in [4.69, 9.17) is 4.74 Å². The molecule has 1 amide bonds. The van der Waals surface area contributed by atoms with E-state index in [9.17, 15) is 9.59 Å². The zero-order valence-corrected chi connectivity index (χ0v) is 13.5. The van der Waals surface area contributed by atoms with Gasteiger partial charge in [0, 0.05) is 36.1 Å². The average Bonchev–Trinajstić information content (AvgIpc) is 3.06. The van der Waals surface area contributed by atoms with Crippen molar-refractivity contribution in [2.24, 2.45) is 0 Å². The Labute approximate surface area is 139 Å². The largest absolute Gasteiger partial charge is 0.373 e. The highest BCUT2D eigenvalue weighted by molar-refractivity contribution is 6.05. The number of para-hydroxylation sites is 1. The summed E-state index contributed by atoms with van der Waals surface area (Å²) in [6.45, 7) is 3.19. The number of morpholine rings is 1. The Hall–Kier alpha value is -2.18. The minimum absolute atomic E-state index is 0.0107. The fraction of sp³-hybridized carbons (Fsp3) is 0.444. The molecule has 0 radical (unpaired) electrons. The molecular weight excluding hydrogens is 306 g/mol. The number of hydrogen-bond acceptors (Lipinski definition) is 4. The van der Waals surface area contributed by atoms with E-state index in [0.717, 1.165) is 25.1 Å². The van der Waals surface area contributed by atoms with Crippen LogP contribution >= 0.6 is 0 Å². The van der Waals surface area contributed by atoms with E-state index in [1.807, 2.05) is 18.2 Å². The molecule has 126 valence electrons. The number of carbonyl (C=O) groups excluding carboxylic acids is 1. The molecule has 2 fully saturated rings. The molecule has 0 aliphatic carbocycles. The first-order chi connectivity index (χ1) is 11.7. The molecule has 0 bridgehead atoms. The normalized spacial score (nSPS) is 24.0. The van der Waals surface area contributed by atoms with Crippen LogP contribution in [0, 0.1) is 0 Å². The van der Waals surface area contributed by atoms with Crippen LogP contribution in [-0.4, -0.2) is 54.2 Å². The molecule has 6 nitrogen and oxygen atoms in total. The lowest BCUT2D eigenvalue weighted by atomic mass is 10.1. The smallest absolute Gasteiger partial charge is 0.252 e. The van der Waals surface area contributed by atoms with Crippen LogP contribution in [0.25, 0.3) is 10.9 Å². The Balaban J connectivity index is 1.46. The molecule has 2 aliphatic rings. The molecule has 6 heteroatoms. The number of amides is 1. The highest BCUT2D eigenvalue weighted by Gasteiger charge is 2.32. The van der Waals surface area contributed by atoms with Crippen LogP contribution < -0.4 is 10.9 Å². The van der Waals surface area contributed by atoms with Gasteiger partial charge in [0.15, 0.2) is 0 Å². The highest BCUT2D eigenvalue weighted by Crippen LogP contribution is 2.22. The van der Waals surface area contributed by atoms with Crippen LogP contribution in [0.15, 0.2) is 35.1 Å². The van der Waals surface area contributed by atoms with E-state index < -0.39 is 0 Å². The van der Waals surface area contributed by atoms with Crippen LogP contribution in [0.5, 0.6) is 0 Å². The predicted molar refractivity (Wildman–Crippen MR) is 91.2 cm³/mol. The van der Waals surface area contributed by atoms with Gasteiger partial charge in [-0.15, -0.1) is 0 Å². The zero-order chi connectivity index (χ0) is 16.5. The van der Waals surface area contributed by atoms with Crippen molar-refractivity contribution in [3.8, 4) is 0 Å². The Morgan fingerprint density at radius 3 is 3.17 bits per heavy atom. The number of hydrogen-bond donors (Lipinski definition) is 2. The van der Waals surface area contributed by atoms with E-state index in [2.05, 4.69) is 15.2 Å². The molecule has 2 saturated heterocycles. The first-order valence-corrected chi connectivity index (χ1v) is 8.46. The van der Waals surface area contributed by atoms with Crippen LogP contribution in [0.2, 0.25) is 0 Å². The van der Waals surface area contributed by atoms with Crippen LogP contribution in [0.1, 0.15) is 23.2 Å². The number of aromatic nitrogens is 1. The van der Waals surface area contributed by atoms with Gasteiger partial charge >= 0.3 is 0 Å². The molecule has 3 heterocycles. The Morgan fingerprint density at radius 1 is 1.38 bits per heavy atom. The molecule has 2 aliphatic heterocycles. The topological polar surface area (TPSA) is 74.4 Å². The van der Waals surface area contributed by atoms with Gasteiger partial charge in [-0.1, -0.05) is 18.2 Å². The summed E-state index contributed by atoms with van der Waals surface area (Å²) in [7, 11) is 0.